The number of nitrogens with zero attached hydrogens (tertiary/aromatic N) is 4. The first-order valence-electron chi connectivity index (χ1n) is 26.5. The van der Waals surface area contributed by atoms with E-state index in [-0.39, 0.29) is 54.0 Å². The molecule has 16 heteroatoms. The van der Waals surface area contributed by atoms with Gasteiger partial charge in [-0.15, -0.1) is 4.67 Å². The van der Waals surface area contributed by atoms with Gasteiger partial charge in [-0.1, -0.05) is 159 Å². The molecule has 3 heterocycles. The van der Waals surface area contributed by atoms with E-state index in [4.69, 9.17) is 28.5 Å². The number of imidazole rings is 1. The van der Waals surface area contributed by atoms with Crippen molar-refractivity contribution in [3.05, 3.63) is 214 Å². The fourth-order valence-corrected chi connectivity index (χ4v) is 21.6. The number of ether oxygens (including phenoxy) is 4. The van der Waals surface area contributed by atoms with Crippen LogP contribution < -0.4 is 35.9 Å². The molecule has 0 bridgehead atoms. The average molecular weight is 1090 g/mol. The molecule has 4 atom stereocenters. The molecule has 0 saturated carbocycles. The summed E-state index contributed by atoms with van der Waals surface area (Å²) in [5.41, 5.74) is 0.986. The molecule has 2 aromatic heterocycles. The Hall–Kier alpha value is -7.07. The number of anilines is 1. The van der Waals surface area contributed by atoms with E-state index in [1.54, 1.807) is 32.6 Å². The Morgan fingerprint density at radius 2 is 1.24 bits per heavy atom. The summed E-state index contributed by atoms with van der Waals surface area (Å²) in [4.78, 5) is 54.2. The normalized spacial score (nSPS) is 17.0. The third-order valence-corrected chi connectivity index (χ3v) is 24.1. The highest BCUT2D eigenvalue weighted by molar-refractivity contribution is 7.72. The molecule has 1 amide bonds. The number of rotatable bonds is 21. The van der Waals surface area contributed by atoms with Crippen LogP contribution in [0.3, 0.4) is 0 Å². The van der Waals surface area contributed by atoms with Gasteiger partial charge in [-0.05, 0) is 97.2 Å². The van der Waals surface area contributed by atoms with E-state index in [1.807, 2.05) is 104 Å². The van der Waals surface area contributed by atoms with Crippen molar-refractivity contribution in [2.24, 2.45) is 5.92 Å². The third-order valence-electron chi connectivity index (χ3n) is 14.6. The van der Waals surface area contributed by atoms with Gasteiger partial charge in [0.2, 0.25) is 19.9 Å². The SMILES string of the molecule is CC=C([Si](c1ccccc1)(c1ccccc1)c1ccccc1)[P+](O)(O[C@H]1C[C@H](n2cnc3c(=O)[nH]c(NC(=O)C(C)C)nc32)O[C@@H]1COC(c1ccccc1)(c1ccc(OC)cc1)c1ccc(OC)cc1)N(C(C)C)C(C)C. The van der Waals surface area contributed by atoms with Gasteiger partial charge in [0, 0.05) is 24.4 Å². The molecular formula is C62H70N6O8PSi+. The van der Waals surface area contributed by atoms with Crippen molar-refractivity contribution in [1.82, 2.24) is 24.2 Å². The lowest BCUT2D eigenvalue weighted by Gasteiger charge is -2.43. The number of methoxy groups -OCH3 is 2. The Morgan fingerprint density at radius 3 is 1.69 bits per heavy atom. The quantitative estimate of drug-likeness (QED) is 0.0357. The molecule has 404 valence electrons. The van der Waals surface area contributed by atoms with Crippen molar-refractivity contribution in [3.63, 3.8) is 0 Å². The number of H-pyrrole nitrogens is 1. The number of benzene rings is 6. The molecule has 9 rings (SSSR count). The number of aromatic nitrogens is 4. The Morgan fingerprint density at radius 1 is 0.769 bits per heavy atom. The summed E-state index contributed by atoms with van der Waals surface area (Å²) in [6.45, 7) is 13.9. The highest BCUT2D eigenvalue weighted by atomic mass is 31.2. The Bertz CT molecular complexity index is 3210. The van der Waals surface area contributed by atoms with Gasteiger partial charge in [-0.25, -0.2) is 4.98 Å². The summed E-state index contributed by atoms with van der Waals surface area (Å²) in [7, 11) is -4.20. The van der Waals surface area contributed by atoms with Gasteiger partial charge in [-0.3, -0.25) is 24.5 Å². The van der Waals surface area contributed by atoms with Crippen LogP contribution in [0.15, 0.2) is 192 Å². The van der Waals surface area contributed by atoms with Crippen molar-refractivity contribution < 1.29 is 33.2 Å². The van der Waals surface area contributed by atoms with Crippen LogP contribution in [0.25, 0.3) is 11.2 Å². The predicted molar refractivity (Wildman–Crippen MR) is 312 cm³/mol. The number of fused-ring (bicyclic) bond motifs is 1. The third kappa shape index (κ3) is 10.6. The zero-order chi connectivity index (χ0) is 55.2. The van der Waals surface area contributed by atoms with E-state index >= 15 is 0 Å². The lowest BCUT2D eigenvalue weighted by atomic mass is 9.80. The second-order valence-corrected chi connectivity index (χ2v) is 26.8. The van der Waals surface area contributed by atoms with Crippen molar-refractivity contribution in [2.45, 2.75) is 91.0 Å². The number of carbonyl (C=O) groups excluding carboxylic acids is 1. The molecule has 1 aliphatic heterocycles. The second-order valence-electron chi connectivity index (χ2n) is 20.3. The zero-order valence-electron chi connectivity index (χ0n) is 45.7. The molecule has 1 saturated heterocycles. The van der Waals surface area contributed by atoms with Crippen molar-refractivity contribution in [3.8, 4) is 11.5 Å². The fourth-order valence-electron chi connectivity index (χ4n) is 11.1. The van der Waals surface area contributed by atoms with Gasteiger partial charge < -0.3 is 18.9 Å². The number of carbonyl (C=O) groups is 1. The molecule has 1 aliphatic rings. The number of hydrogen-bond donors (Lipinski definition) is 3. The lowest BCUT2D eigenvalue weighted by Crippen LogP contribution is -2.69. The van der Waals surface area contributed by atoms with Gasteiger partial charge in [0.05, 0.1) is 27.2 Å². The van der Waals surface area contributed by atoms with E-state index in [0.717, 1.165) is 37.2 Å². The predicted octanol–water partition coefficient (Wildman–Crippen LogP) is 9.90. The first kappa shape index (κ1) is 55.7. The van der Waals surface area contributed by atoms with Gasteiger partial charge >= 0.3 is 7.87 Å². The molecule has 1 fully saturated rings. The van der Waals surface area contributed by atoms with Crippen LogP contribution in [0, 0.1) is 5.92 Å². The van der Waals surface area contributed by atoms with E-state index in [0.29, 0.717) is 11.5 Å². The molecule has 1 unspecified atom stereocenters. The number of hydrogen-bond acceptors (Lipinski definition) is 11. The summed E-state index contributed by atoms with van der Waals surface area (Å²) in [5, 5.41) is 6.00. The average Bonchev–Trinajstić information content (AvgIpc) is 4.04. The summed E-state index contributed by atoms with van der Waals surface area (Å²) in [6.07, 6.45) is 1.21. The van der Waals surface area contributed by atoms with Crippen LogP contribution in [0.5, 0.6) is 11.5 Å². The van der Waals surface area contributed by atoms with Crippen LogP contribution in [0.4, 0.5) is 5.95 Å². The van der Waals surface area contributed by atoms with Crippen LogP contribution in [-0.2, 0) is 24.4 Å². The first-order chi connectivity index (χ1) is 37.7. The number of aromatic amines is 1. The van der Waals surface area contributed by atoms with E-state index in [1.165, 1.54) is 6.33 Å². The molecule has 78 heavy (non-hydrogen) atoms. The first-order valence-corrected chi connectivity index (χ1v) is 30.1. The fraction of sp³-hybridized carbons (Fsp3) is 0.290. The molecule has 0 aliphatic carbocycles. The van der Waals surface area contributed by atoms with Crippen LogP contribution >= 0.6 is 7.87 Å². The Labute approximate surface area is 458 Å². The summed E-state index contributed by atoms with van der Waals surface area (Å²) >= 11 is 0. The van der Waals surface area contributed by atoms with Gasteiger partial charge in [0.25, 0.3) is 5.56 Å². The minimum absolute atomic E-state index is 0.0168. The molecule has 8 aromatic rings. The Balaban J connectivity index is 1.26. The minimum Gasteiger partial charge on any atom is -0.497 e. The highest BCUT2D eigenvalue weighted by Gasteiger charge is 2.65. The second kappa shape index (κ2) is 23.9. The molecular weight excluding hydrogens is 1020 g/mol. The molecule has 6 aromatic carbocycles. The number of amides is 1. The maximum atomic E-state index is 14.8. The topological polar surface area (TPSA) is 162 Å². The van der Waals surface area contributed by atoms with E-state index < -0.39 is 45.5 Å². The van der Waals surface area contributed by atoms with Crippen LogP contribution in [0.2, 0.25) is 0 Å². The lowest BCUT2D eigenvalue weighted by molar-refractivity contribution is -0.118. The molecule has 0 radical (unpaired) electrons. The molecule has 3 N–H and O–H groups in total. The highest BCUT2D eigenvalue weighted by Crippen LogP contribution is 2.71. The van der Waals surface area contributed by atoms with Gasteiger partial charge in [0.1, 0.15) is 40.5 Å². The maximum Gasteiger partial charge on any atom is 0.373 e. The number of allylic oxidation sites excluding steroid dienone is 1. The smallest absolute Gasteiger partial charge is 0.373 e. The summed E-state index contributed by atoms with van der Waals surface area (Å²) in [5.74, 6) is 0.658. The van der Waals surface area contributed by atoms with Crippen molar-refractivity contribution in [2.75, 3.05) is 26.1 Å². The maximum absolute atomic E-state index is 14.8. The molecule has 14 nitrogen and oxygen atoms in total. The van der Waals surface area contributed by atoms with Gasteiger partial charge in [-0.2, -0.15) is 14.4 Å². The minimum atomic E-state index is -4.01. The van der Waals surface area contributed by atoms with E-state index in [2.05, 4.69) is 127 Å². The van der Waals surface area contributed by atoms with Crippen LogP contribution in [0.1, 0.15) is 77.8 Å². The standard InChI is InChI=1S/C62H69N6O8PSi/c1-10-56(78(50-25-17-12-18-26-50,51-27-19-13-20-28-51)52-29-21-14-22-30-52)77(71,68(43(4)5)44(6)7)76-53-39-55(67-41-63-57-58(67)64-61(66-60(57)70)65-59(69)42(2)3)75-54(53)40-74-62(45-23-15-11-16-24-45,46-31-35-48(72-8)36-32-46)47-33-37-49(73-9)38-34-47/h10-38,41-44,53-55,71H,39-40H2,1-9H3,(H-,64,65,66,69,70)/p+1/t53-,54+,55+,77?/m0/s1. The Kier molecular flexibility index (Phi) is 17.1. The summed E-state index contributed by atoms with van der Waals surface area (Å²) in [6, 6.07) is 56.9. The van der Waals surface area contributed by atoms with Crippen molar-refractivity contribution in [1.29, 1.82) is 0 Å². The zero-order valence-corrected chi connectivity index (χ0v) is 47.6. The number of nitrogens with one attached hydrogen (secondary N) is 2. The van der Waals surface area contributed by atoms with Crippen molar-refractivity contribution >= 4 is 54.5 Å². The molecule has 0 spiro atoms. The largest absolute Gasteiger partial charge is 0.497 e. The van der Waals surface area contributed by atoms with Gasteiger partial charge in [0.15, 0.2) is 11.2 Å². The van der Waals surface area contributed by atoms with E-state index in [9.17, 15) is 14.5 Å². The van der Waals surface area contributed by atoms with Crippen LogP contribution in [-0.4, -0.2) is 88.2 Å². The summed E-state index contributed by atoms with van der Waals surface area (Å²) < 4.78 is 38.0. The monoisotopic (exact) mass is 1090 g/mol.